The zero-order valence-electron chi connectivity index (χ0n) is 11.5. The highest BCUT2D eigenvalue weighted by molar-refractivity contribution is 6.10. The molecule has 0 radical (unpaired) electrons. The van der Waals surface area contributed by atoms with Crippen molar-refractivity contribution >= 4 is 23.7 Å². The van der Waals surface area contributed by atoms with E-state index in [0.717, 1.165) is 12.1 Å². The smallest absolute Gasteiger partial charge is 0.280 e. The third kappa shape index (κ3) is 2.67. The zero-order chi connectivity index (χ0) is 15.7. The molecule has 0 aromatic heterocycles. The molecule has 0 bridgehead atoms. The third-order valence-corrected chi connectivity index (χ3v) is 3.53. The highest BCUT2D eigenvalue weighted by Gasteiger charge is 2.38. The minimum atomic E-state index is -0.651. The molecule has 1 aromatic rings. The van der Waals surface area contributed by atoms with Crippen LogP contribution in [0.1, 0.15) is 16.8 Å². The molecule has 7 nitrogen and oxygen atoms in total. The summed E-state index contributed by atoms with van der Waals surface area (Å²) in [6, 6.07) is 4.29. The van der Waals surface area contributed by atoms with Gasteiger partial charge in [-0.05, 0) is 24.3 Å². The van der Waals surface area contributed by atoms with Gasteiger partial charge in [-0.1, -0.05) is 0 Å². The lowest BCUT2D eigenvalue weighted by Gasteiger charge is -2.39. The van der Waals surface area contributed by atoms with E-state index in [-0.39, 0.29) is 29.8 Å². The Bertz CT molecular complexity index is 671. The van der Waals surface area contributed by atoms with Crippen LogP contribution in [0.25, 0.3) is 0 Å². The highest BCUT2D eigenvalue weighted by Crippen LogP contribution is 2.14. The molecule has 2 heterocycles. The fourth-order valence-corrected chi connectivity index (χ4v) is 2.44. The fourth-order valence-electron chi connectivity index (χ4n) is 2.44. The summed E-state index contributed by atoms with van der Waals surface area (Å²) >= 11 is 0. The molecule has 0 aliphatic carbocycles. The van der Waals surface area contributed by atoms with Gasteiger partial charge >= 0.3 is 0 Å². The van der Waals surface area contributed by atoms with Gasteiger partial charge in [0.05, 0.1) is 6.42 Å². The number of benzene rings is 1. The van der Waals surface area contributed by atoms with Gasteiger partial charge in [0.25, 0.3) is 5.91 Å². The van der Waals surface area contributed by atoms with E-state index in [1.165, 1.54) is 12.1 Å². The second-order valence-corrected chi connectivity index (χ2v) is 5.00. The molecule has 1 unspecified atom stereocenters. The van der Waals surface area contributed by atoms with E-state index in [9.17, 15) is 18.8 Å². The number of fused-ring (bicyclic) bond motifs is 1. The molecule has 2 saturated heterocycles. The lowest BCUT2D eigenvalue weighted by Crippen LogP contribution is -2.65. The largest absolute Gasteiger partial charge is 0.353 e. The van der Waals surface area contributed by atoms with E-state index in [4.69, 9.17) is 0 Å². The maximum Gasteiger partial charge on any atom is 0.280 e. The Hall–Kier alpha value is -2.77. The molecule has 8 heteroatoms. The molecule has 22 heavy (non-hydrogen) atoms. The molecule has 0 saturated carbocycles. The van der Waals surface area contributed by atoms with E-state index in [1.54, 1.807) is 4.90 Å². The number of amides is 3. The number of carbonyl (C=O) groups excluding carboxylic acids is 3. The van der Waals surface area contributed by atoms with E-state index in [2.05, 4.69) is 15.6 Å². The molecule has 2 N–H and O–H groups in total. The Balaban J connectivity index is 1.87. The van der Waals surface area contributed by atoms with Crippen molar-refractivity contribution in [2.75, 3.05) is 13.1 Å². The van der Waals surface area contributed by atoms with Crippen LogP contribution < -0.4 is 10.6 Å². The van der Waals surface area contributed by atoms with Gasteiger partial charge in [-0.15, -0.1) is 0 Å². The van der Waals surface area contributed by atoms with Crippen LogP contribution in [0.4, 0.5) is 4.39 Å². The second-order valence-electron chi connectivity index (χ2n) is 5.00. The number of piperazine rings is 1. The number of aliphatic imine (C=N–C) groups is 1. The Labute approximate surface area is 125 Å². The van der Waals surface area contributed by atoms with Crippen molar-refractivity contribution in [1.82, 2.24) is 15.5 Å². The number of halogens is 1. The van der Waals surface area contributed by atoms with Gasteiger partial charge in [0, 0.05) is 18.7 Å². The summed E-state index contributed by atoms with van der Waals surface area (Å²) in [6.45, 7) is 0.862. The summed E-state index contributed by atoms with van der Waals surface area (Å²) in [5.41, 5.74) is 0.201. The molecule has 1 atom stereocenters. The molecular weight excluding hydrogens is 291 g/mol. The first kappa shape index (κ1) is 14.2. The standard InChI is InChI=1S/C14H13FN4O3/c15-9-3-1-8(2-4-9)12(21)18-14-17-11(20)7-10-13(22)16-5-6-19(10)14/h1-4,10H,5-7H2,(H,16,22)(H,17,18,20,21). The molecule has 114 valence electrons. The predicted molar refractivity (Wildman–Crippen MR) is 74.4 cm³/mol. The molecular formula is C14H13FN4O3. The van der Waals surface area contributed by atoms with Crippen molar-refractivity contribution in [1.29, 1.82) is 0 Å². The van der Waals surface area contributed by atoms with Crippen LogP contribution in [-0.2, 0) is 9.59 Å². The van der Waals surface area contributed by atoms with Crippen LogP contribution in [0, 0.1) is 5.82 Å². The average molecular weight is 304 g/mol. The molecule has 2 aliphatic rings. The summed E-state index contributed by atoms with van der Waals surface area (Å²) in [5.74, 6) is -1.64. The van der Waals surface area contributed by atoms with E-state index in [1.807, 2.05) is 0 Å². The number of carbonyl (C=O) groups is 3. The van der Waals surface area contributed by atoms with Crippen molar-refractivity contribution in [3.63, 3.8) is 0 Å². The van der Waals surface area contributed by atoms with Crippen LogP contribution >= 0.6 is 0 Å². The molecule has 3 rings (SSSR count). The van der Waals surface area contributed by atoms with Crippen molar-refractivity contribution in [2.45, 2.75) is 12.5 Å². The number of hydrogen-bond acceptors (Lipinski definition) is 3. The number of nitrogens with zero attached hydrogens (tertiary/aromatic N) is 2. The lowest BCUT2D eigenvalue weighted by atomic mass is 10.1. The van der Waals surface area contributed by atoms with Crippen LogP contribution in [0.2, 0.25) is 0 Å². The first-order valence-corrected chi connectivity index (χ1v) is 6.77. The number of nitrogens with one attached hydrogen (secondary N) is 2. The van der Waals surface area contributed by atoms with Gasteiger partial charge in [0.15, 0.2) is 0 Å². The summed E-state index contributed by atoms with van der Waals surface area (Å²) in [4.78, 5) is 41.0. The Morgan fingerprint density at radius 1 is 1.27 bits per heavy atom. The number of hydrogen-bond donors (Lipinski definition) is 2. The summed E-state index contributed by atoms with van der Waals surface area (Å²) in [7, 11) is 0. The molecule has 3 amide bonds. The predicted octanol–water partition coefficient (Wildman–Crippen LogP) is -0.358. The quantitative estimate of drug-likeness (QED) is 0.741. The van der Waals surface area contributed by atoms with Crippen LogP contribution in [0.5, 0.6) is 0 Å². The number of rotatable bonds is 1. The lowest BCUT2D eigenvalue weighted by molar-refractivity contribution is -0.133. The number of guanidine groups is 1. The van der Waals surface area contributed by atoms with Gasteiger partial charge in [-0.3, -0.25) is 19.7 Å². The van der Waals surface area contributed by atoms with Crippen LogP contribution in [0.3, 0.4) is 0 Å². The fraction of sp³-hybridized carbons (Fsp3) is 0.286. The minimum absolute atomic E-state index is 0.0234. The van der Waals surface area contributed by atoms with Gasteiger partial charge in [0.2, 0.25) is 17.8 Å². The van der Waals surface area contributed by atoms with Crippen molar-refractivity contribution in [2.24, 2.45) is 4.99 Å². The van der Waals surface area contributed by atoms with Crippen molar-refractivity contribution in [3.8, 4) is 0 Å². The maximum atomic E-state index is 12.9. The Kier molecular flexibility index (Phi) is 3.58. The van der Waals surface area contributed by atoms with Crippen molar-refractivity contribution in [3.05, 3.63) is 35.6 Å². The molecule has 2 aliphatic heterocycles. The first-order chi connectivity index (χ1) is 10.5. The molecule has 2 fully saturated rings. The van der Waals surface area contributed by atoms with E-state index >= 15 is 0 Å². The normalized spacial score (nSPS) is 22.9. The van der Waals surface area contributed by atoms with Gasteiger partial charge in [-0.2, -0.15) is 4.99 Å². The van der Waals surface area contributed by atoms with E-state index < -0.39 is 17.8 Å². The first-order valence-electron chi connectivity index (χ1n) is 6.77. The highest BCUT2D eigenvalue weighted by atomic mass is 19.1. The summed E-state index contributed by atoms with van der Waals surface area (Å²) < 4.78 is 12.9. The topological polar surface area (TPSA) is 90.9 Å². The molecule has 1 aromatic carbocycles. The van der Waals surface area contributed by atoms with Gasteiger partial charge in [-0.25, -0.2) is 4.39 Å². The summed E-state index contributed by atoms with van der Waals surface area (Å²) in [6.07, 6.45) is 0.0234. The van der Waals surface area contributed by atoms with Gasteiger partial charge < -0.3 is 10.2 Å². The summed E-state index contributed by atoms with van der Waals surface area (Å²) in [5, 5.41) is 5.18. The zero-order valence-corrected chi connectivity index (χ0v) is 11.5. The van der Waals surface area contributed by atoms with E-state index in [0.29, 0.717) is 13.1 Å². The SMILES string of the molecule is O=C1CC2C(=O)NCCN2C(=NC(=O)c2ccc(F)cc2)N1. The monoisotopic (exact) mass is 304 g/mol. The average Bonchev–Trinajstić information content (AvgIpc) is 2.49. The van der Waals surface area contributed by atoms with Crippen LogP contribution in [0.15, 0.2) is 29.3 Å². The van der Waals surface area contributed by atoms with Crippen molar-refractivity contribution < 1.29 is 18.8 Å². The Morgan fingerprint density at radius 3 is 2.73 bits per heavy atom. The van der Waals surface area contributed by atoms with Gasteiger partial charge in [0.1, 0.15) is 11.9 Å². The molecule has 0 spiro atoms. The second kappa shape index (κ2) is 5.55. The van der Waals surface area contributed by atoms with Crippen LogP contribution in [-0.4, -0.2) is 47.7 Å². The maximum absolute atomic E-state index is 12.9. The third-order valence-electron chi connectivity index (χ3n) is 3.53. The minimum Gasteiger partial charge on any atom is -0.353 e. The Morgan fingerprint density at radius 2 is 2.00 bits per heavy atom.